The molecular weight excluding hydrogens is 208 g/mol. The van der Waals surface area contributed by atoms with Crippen molar-refractivity contribution in [2.24, 2.45) is 17.8 Å². The highest BCUT2D eigenvalue weighted by Crippen LogP contribution is 2.30. The summed E-state index contributed by atoms with van der Waals surface area (Å²) in [6.45, 7) is 17.7. The zero-order chi connectivity index (χ0) is 13.0. The molecule has 2 heteroatoms. The van der Waals surface area contributed by atoms with Crippen molar-refractivity contribution >= 4 is 0 Å². The van der Waals surface area contributed by atoms with Gasteiger partial charge < -0.3 is 5.32 Å². The lowest BCUT2D eigenvalue weighted by Gasteiger charge is -2.46. The minimum Gasteiger partial charge on any atom is -0.317 e. The van der Waals surface area contributed by atoms with E-state index in [4.69, 9.17) is 0 Å². The van der Waals surface area contributed by atoms with Gasteiger partial charge in [0, 0.05) is 18.6 Å². The topological polar surface area (TPSA) is 15.3 Å². The molecular formula is C15H32N2. The number of hydrogen-bond acceptors (Lipinski definition) is 2. The molecule has 0 radical (unpaired) electrons. The summed E-state index contributed by atoms with van der Waals surface area (Å²) in [7, 11) is 0. The first-order chi connectivity index (χ1) is 7.97. The van der Waals surface area contributed by atoms with E-state index in [0.717, 1.165) is 36.9 Å². The van der Waals surface area contributed by atoms with Gasteiger partial charge in [0.05, 0.1) is 0 Å². The van der Waals surface area contributed by atoms with Gasteiger partial charge in [-0.2, -0.15) is 0 Å². The number of likely N-dealkylation sites (tertiary alicyclic amines) is 1. The van der Waals surface area contributed by atoms with Crippen LogP contribution in [0.25, 0.3) is 0 Å². The highest BCUT2D eigenvalue weighted by atomic mass is 15.2. The lowest BCUT2D eigenvalue weighted by molar-refractivity contribution is 0.0270. The van der Waals surface area contributed by atoms with Gasteiger partial charge in [-0.1, -0.05) is 27.7 Å². The quantitative estimate of drug-likeness (QED) is 0.795. The second kappa shape index (κ2) is 6.75. The molecule has 0 aromatic rings. The van der Waals surface area contributed by atoms with Crippen LogP contribution in [-0.2, 0) is 0 Å². The fourth-order valence-electron chi connectivity index (χ4n) is 3.17. The molecule has 1 aliphatic heterocycles. The van der Waals surface area contributed by atoms with Crippen LogP contribution in [0.4, 0.5) is 0 Å². The molecule has 0 aromatic heterocycles. The van der Waals surface area contributed by atoms with Crippen molar-refractivity contribution in [3.05, 3.63) is 0 Å². The second-order valence-corrected chi connectivity index (χ2v) is 6.28. The summed E-state index contributed by atoms with van der Waals surface area (Å²) in [5, 5.41) is 3.48. The molecule has 1 aliphatic rings. The van der Waals surface area contributed by atoms with Crippen molar-refractivity contribution in [2.45, 2.75) is 60.0 Å². The Morgan fingerprint density at radius 2 is 1.88 bits per heavy atom. The minimum absolute atomic E-state index is 0.689. The van der Waals surface area contributed by atoms with Gasteiger partial charge in [0.2, 0.25) is 0 Å². The number of hydrogen-bond donors (Lipinski definition) is 1. The third-order valence-electron chi connectivity index (χ3n) is 4.71. The van der Waals surface area contributed by atoms with Crippen molar-refractivity contribution in [1.29, 1.82) is 0 Å². The summed E-state index contributed by atoms with van der Waals surface area (Å²) in [4.78, 5) is 2.74. The maximum absolute atomic E-state index is 3.48. The van der Waals surface area contributed by atoms with Gasteiger partial charge in [0.1, 0.15) is 0 Å². The standard InChI is InChI=1S/C15H32N2/c1-7-16-9-13(4)15(6)17-10-11(2)8-12(3)14(17)5/h11-16H,7-10H2,1-6H3. The van der Waals surface area contributed by atoms with E-state index < -0.39 is 0 Å². The molecule has 17 heavy (non-hydrogen) atoms. The molecule has 0 bridgehead atoms. The highest BCUT2D eigenvalue weighted by Gasteiger charge is 2.33. The van der Waals surface area contributed by atoms with Crippen molar-refractivity contribution in [3.63, 3.8) is 0 Å². The molecule has 5 atom stereocenters. The summed E-state index contributed by atoms with van der Waals surface area (Å²) in [6.07, 6.45) is 1.39. The maximum Gasteiger partial charge on any atom is 0.0108 e. The van der Waals surface area contributed by atoms with Crippen LogP contribution in [-0.4, -0.2) is 36.6 Å². The van der Waals surface area contributed by atoms with Crippen LogP contribution in [0, 0.1) is 17.8 Å². The van der Waals surface area contributed by atoms with E-state index in [1.807, 2.05) is 0 Å². The van der Waals surface area contributed by atoms with Crippen molar-refractivity contribution < 1.29 is 0 Å². The van der Waals surface area contributed by atoms with E-state index in [1.54, 1.807) is 0 Å². The first kappa shape index (κ1) is 15.0. The summed E-state index contributed by atoms with van der Waals surface area (Å²) in [5.74, 6) is 2.43. The molecule has 102 valence electrons. The fraction of sp³-hybridized carbons (Fsp3) is 1.00. The van der Waals surface area contributed by atoms with Gasteiger partial charge in [0.15, 0.2) is 0 Å². The van der Waals surface area contributed by atoms with Gasteiger partial charge in [-0.3, -0.25) is 4.90 Å². The number of rotatable bonds is 5. The first-order valence-electron chi connectivity index (χ1n) is 7.43. The average Bonchev–Trinajstić information content (AvgIpc) is 2.29. The van der Waals surface area contributed by atoms with E-state index in [0.29, 0.717) is 6.04 Å². The van der Waals surface area contributed by atoms with Crippen molar-refractivity contribution in [1.82, 2.24) is 10.2 Å². The van der Waals surface area contributed by atoms with Gasteiger partial charge in [-0.05, 0) is 51.1 Å². The molecule has 0 aliphatic carbocycles. The third-order valence-corrected chi connectivity index (χ3v) is 4.71. The average molecular weight is 240 g/mol. The monoisotopic (exact) mass is 240 g/mol. The Kier molecular flexibility index (Phi) is 5.94. The first-order valence-corrected chi connectivity index (χ1v) is 7.43. The zero-order valence-corrected chi connectivity index (χ0v) is 12.7. The minimum atomic E-state index is 0.689. The van der Waals surface area contributed by atoms with Crippen LogP contribution in [0.3, 0.4) is 0 Å². The van der Waals surface area contributed by atoms with Crippen molar-refractivity contribution in [2.75, 3.05) is 19.6 Å². The van der Waals surface area contributed by atoms with Crippen LogP contribution in [0.1, 0.15) is 48.0 Å². The van der Waals surface area contributed by atoms with Gasteiger partial charge in [-0.25, -0.2) is 0 Å². The zero-order valence-electron chi connectivity index (χ0n) is 12.7. The fourth-order valence-corrected chi connectivity index (χ4v) is 3.17. The third kappa shape index (κ3) is 3.96. The predicted molar refractivity (Wildman–Crippen MR) is 76.3 cm³/mol. The predicted octanol–water partition coefficient (Wildman–Crippen LogP) is 2.99. The van der Waals surface area contributed by atoms with Gasteiger partial charge in [-0.15, -0.1) is 0 Å². The number of nitrogens with zero attached hydrogens (tertiary/aromatic N) is 1. The lowest BCUT2D eigenvalue weighted by atomic mass is 9.83. The van der Waals surface area contributed by atoms with Crippen LogP contribution >= 0.6 is 0 Å². The van der Waals surface area contributed by atoms with E-state index in [9.17, 15) is 0 Å². The molecule has 0 saturated carbocycles. The second-order valence-electron chi connectivity index (χ2n) is 6.28. The smallest absolute Gasteiger partial charge is 0.0108 e. The molecule has 1 N–H and O–H groups in total. The highest BCUT2D eigenvalue weighted by molar-refractivity contribution is 4.87. The molecule has 2 nitrogen and oxygen atoms in total. The SMILES string of the molecule is CCNCC(C)C(C)N1CC(C)CC(C)C1C. The van der Waals surface area contributed by atoms with Crippen LogP contribution in [0.5, 0.6) is 0 Å². The Hall–Kier alpha value is -0.0800. The Labute approximate surface area is 108 Å². The summed E-state index contributed by atoms with van der Waals surface area (Å²) < 4.78 is 0. The molecule has 0 amide bonds. The Morgan fingerprint density at radius 3 is 2.47 bits per heavy atom. The van der Waals surface area contributed by atoms with Gasteiger partial charge >= 0.3 is 0 Å². The summed E-state index contributed by atoms with van der Waals surface area (Å²) in [6, 6.07) is 1.43. The van der Waals surface area contributed by atoms with E-state index in [1.165, 1.54) is 13.0 Å². The molecule has 5 unspecified atom stereocenters. The van der Waals surface area contributed by atoms with E-state index in [-0.39, 0.29) is 0 Å². The van der Waals surface area contributed by atoms with Gasteiger partial charge in [0.25, 0.3) is 0 Å². The maximum atomic E-state index is 3.48. The molecule has 1 heterocycles. The summed E-state index contributed by atoms with van der Waals surface area (Å²) in [5.41, 5.74) is 0. The molecule has 1 rings (SSSR count). The van der Waals surface area contributed by atoms with E-state index >= 15 is 0 Å². The Morgan fingerprint density at radius 1 is 1.24 bits per heavy atom. The summed E-state index contributed by atoms with van der Waals surface area (Å²) >= 11 is 0. The van der Waals surface area contributed by atoms with Crippen LogP contribution in [0.15, 0.2) is 0 Å². The van der Waals surface area contributed by atoms with E-state index in [2.05, 4.69) is 51.8 Å². The largest absolute Gasteiger partial charge is 0.317 e. The normalized spacial score (nSPS) is 34.6. The van der Waals surface area contributed by atoms with Crippen LogP contribution in [0.2, 0.25) is 0 Å². The molecule has 1 fully saturated rings. The number of nitrogens with one attached hydrogen (secondary N) is 1. The Bertz CT molecular complexity index is 217. The lowest BCUT2D eigenvalue weighted by Crippen LogP contribution is -2.52. The molecule has 1 saturated heterocycles. The van der Waals surface area contributed by atoms with Crippen LogP contribution < -0.4 is 5.32 Å². The Balaban J connectivity index is 2.56. The number of piperidine rings is 1. The molecule has 0 spiro atoms. The molecule has 0 aromatic carbocycles. The van der Waals surface area contributed by atoms with Crippen molar-refractivity contribution in [3.8, 4) is 0 Å².